The Morgan fingerprint density at radius 2 is 1.82 bits per heavy atom. The van der Waals surface area contributed by atoms with Crippen molar-refractivity contribution in [1.82, 2.24) is 0 Å². The molecule has 1 aromatic carbocycles. The monoisotopic (exact) mass is 296 g/mol. The molecule has 8 nitrogen and oxygen atoms in total. The van der Waals surface area contributed by atoms with Crippen molar-refractivity contribution in [2.24, 2.45) is 0 Å². The number of anilines is 1. The van der Waals surface area contributed by atoms with Crippen molar-refractivity contribution in [3.8, 4) is 6.07 Å². The van der Waals surface area contributed by atoms with Gasteiger partial charge in [0.15, 0.2) is 6.07 Å². The van der Waals surface area contributed by atoms with Crippen LogP contribution in [0.3, 0.4) is 0 Å². The zero-order valence-corrected chi connectivity index (χ0v) is 11.0. The third-order valence-corrected chi connectivity index (χ3v) is 3.03. The van der Waals surface area contributed by atoms with Crippen LogP contribution in [0.2, 0.25) is 0 Å². The predicted octanol–water partition coefficient (Wildman–Crippen LogP) is 0.824. The molecule has 2 heterocycles. The van der Waals surface area contributed by atoms with Crippen molar-refractivity contribution >= 4 is 22.8 Å². The smallest absolute Gasteiger partial charge is 0.386 e. The van der Waals surface area contributed by atoms with E-state index in [1.165, 1.54) is 30.5 Å². The van der Waals surface area contributed by atoms with Crippen molar-refractivity contribution in [3.05, 3.63) is 64.5 Å². The Labute approximate surface area is 123 Å². The van der Waals surface area contributed by atoms with Crippen LogP contribution in [0.15, 0.2) is 47.1 Å². The Morgan fingerprint density at radius 3 is 2.41 bits per heavy atom. The second kappa shape index (κ2) is 5.06. The summed E-state index contributed by atoms with van der Waals surface area (Å²) in [6.07, 6.45) is 1.29. The van der Waals surface area contributed by atoms with Gasteiger partial charge in [0.05, 0.1) is 6.26 Å². The molecule has 0 aliphatic rings. The van der Waals surface area contributed by atoms with Crippen molar-refractivity contribution in [3.63, 3.8) is 0 Å². The van der Waals surface area contributed by atoms with Gasteiger partial charge in [-0.1, -0.05) is 12.1 Å². The molecule has 0 saturated heterocycles. The number of hydrogen-bond donors (Lipinski definition) is 1. The average Bonchev–Trinajstić information content (AvgIpc) is 3.07. The highest BCUT2D eigenvalue weighted by Gasteiger charge is 2.29. The van der Waals surface area contributed by atoms with Crippen molar-refractivity contribution < 1.29 is 18.7 Å². The van der Waals surface area contributed by atoms with Crippen LogP contribution in [0.1, 0.15) is 16.2 Å². The number of nitriles is 1. The highest BCUT2D eigenvalue weighted by atomic mass is 16.5. The molecule has 0 radical (unpaired) electrons. The molecule has 0 unspecified atom stereocenters. The summed E-state index contributed by atoms with van der Waals surface area (Å²) in [7, 11) is 0. The van der Waals surface area contributed by atoms with E-state index in [4.69, 9.17) is 9.68 Å². The van der Waals surface area contributed by atoms with E-state index >= 15 is 0 Å². The van der Waals surface area contributed by atoms with Crippen LogP contribution in [-0.4, -0.2) is 5.91 Å². The van der Waals surface area contributed by atoms with Gasteiger partial charge in [-0.2, -0.15) is 10.6 Å². The third kappa shape index (κ3) is 1.97. The highest BCUT2D eigenvalue weighted by Crippen LogP contribution is 2.13. The molecule has 0 aliphatic heterocycles. The molecule has 108 valence electrons. The zero-order chi connectivity index (χ0) is 15.7. The summed E-state index contributed by atoms with van der Waals surface area (Å²) in [5.74, 6) is -1.23. The number of amides is 1. The summed E-state index contributed by atoms with van der Waals surface area (Å²) in [5, 5.41) is 35.9. The first kappa shape index (κ1) is 13.4. The van der Waals surface area contributed by atoms with Gasteiger partial charge in [0.2, 0.25) is 11.3 Å². The van der Waals surface area contributed by atoms with Gasteiger partial charge in [-0.05, 0) is 18.2 Å². The quantitative estimate of drug-likeness (QED) is 0.554. The molecule has 0 aliphatic carbocycles. The number of furan rings is 1. The molecule has 1 N–H and O–H groups in total. The molecule has 0 fully saturated rings. The van der Waals surface area contributed by atoms with E-state index in [0.29, 0.717) is 9.46 Å². The summed E-state index contributed by atoms with van der Waals surface area (Å²) >= 11 is 0. The zero-order valence-electron chi connectivity index (χ0n) is 11.0. The molecule has 3 aromatic rings. The number of nitrogens with one attached hydrogen (secondary N) is 1. The number of para-hydroxylation sites is 2. The van der Waals surface area contributed by atoms with Gasteiger partial charge in [-0.15, -0.1) is 4.73 Å². The number of aromatic nitrogens is 2. The molecule has 3 rings (SSSR count). The van der Waals surface area contributed by atoms with Crippen LogP contribution in [0.4, 0.5) is 5.82 Å². The minimum Gasteiger partial charge on any atom is -0.710 e. The van der Waals surface area contributed by atoms with E-state index < -0.39 is 17.4 Å². The molecule has 0 spiro atoms. The lowest BCUT2D eigenvalue weighted by Crippen LogP contribution is -2.44. The molecule has 0 saturated carbocycles. The highest BCUT2D eigenvalue weighted by molar-refractivity contribution is 6.01. The maximum atomic E-state index is 12.3. The largest absolute Gasteiger partial charge is 0.710 e. The van der Waals surface area contributed by atoms with Crippen molar-refractivity contribution in [2.75, 3.05) is 5.32 Å². The molecule has 22 heavy (non-hydrogen) atoms. The molecule has 0 atom stereocenters. The Balaban J connectivity index is 2.19. The minimum absolute atomic E-state index is 0.0325. The minimum atomic E-state index is -0.735. The van der Waals surface area contributed by atoms with Gasteiger partial charge in [-0.25, -0.2) is 9.52 Å². The van der Waals surface area contributed by atoms with Gasteiger partial charge in [0, 0.05) is 6.07 Å². The summed E-state index contributed by atoms with van der Waals surface area (Å²) in [4.78, 5) is 12.0. The standard InChI is InChI=1S/C14H8N4O4/c15-8-11-13(16-14(19)12-6-3-7-22-12)18(21)10-5-2-1-4-9(10)17(11)20/h1-7H,(H,16,19). The fourth-order valence-corrected chi connectivity index (χ4v) is 2.03. The predicted molar refractivity (Wildman–Crippen MR) is 73.2 cm³/mol. The lowest BCUT2D eigenvalue weighted by Gasteiger charge is -2.12. The van der Waals surface area contributed by atoms with Gasteiger partial charge < -0.3 is 14.8 Å². The molecule has 8 heteroatoms. The second-order valence-corrected chi connectivity index (χ2v) is 4.32. The number of hydrogen-bond acceptors (Lipinski definition) is 5. The molecular formula is C14H8N4O4. The fourth-order valence-electron chi connectivity index (χ4n) is 2.03. The van der Waals surface area contributed by atoms with E-state index in [1.807, 2.05) is 0 Å². The van der Waals surface area contributed by atoms with Crippen LogP contribution < -0.4 is 14.8 Å². The molecular weight excluding hydrogens is 288 g/mol. The van der Waals surface area contributed by atoms with Crippen LogP contribution in [-0.2, 0) is 0 Å². The van der Waals surface area contributed by atoms with E-state index in [-0.39, 0.29) is 16.8 Å². The Morgan fingerprint density at radius 1 is 1.14 bits per heavy atom. The number of carbonyl (C=O) groups excluding carboxylic acids is 1. The lowest BCUT2D eigenvalue weighted by molar-refractivity contribution is -0.620. The van der Waals surface area contributed by atoms with E-state index in [0.717, 1.165) is 0 Å². The summed E-state index contributed by atoms with van der Waals surface area (Å²) in [6.45, 7) is 0. The molecule has 1 amide bonds. The maximum Gasteiger partial charge on any atom is 0.386 e. The van der Waals surface area contributed by atoms with Gasteiger partial charge in [0.25, 0.3) is 5.52 Å². The van der Waals surface area contributed by atoms with Crippen LogP contribution in [0.25, 0.3) is 11.0 Å². The lowest BCUT2D eigenvalue weighted by atomic mass is 10.2. The first-order chi connectivity index (χ1) is 10.6. The van der Waals surface area contributed by atoms with Gasteiger partial charge >= 0.3 is 17.4 Å². The van der Waals surface area contributed by atoms with Gasteiger partial charge in [-0.3, -0.25) is 0 Å². The van der Waals surface area contributed by atoms with Crippen molar-refractivity contribution in [1.29, 1.82) is 5.26 Å². The van der Waals surface area contributed by atoms with Crippen LogP contribution in [0, 0.1) is 21.7 Å². The van der Waals surface area contributed by atoms with Crippen LogP contribution in [0.5, 0.6) is 0 Å². The first-order valence-corrected chi connectivity index (χ1v) is 6.16. The number of fused-ring (bicyclic) bond motifs is 1. The van der Waals surface area contributed by atoms with E-state index in [1.54, 1.807) is 18.2 Å². The molecule has 2 aromatic heterocycles. The summed E-state index contributed by atoms with van der Waals surface area (Å²) in [6, 6.07) is 10.5. The Bertz CT molecular complexity index is 913. The number of rotatable bonds is 2. The normalized spacial score (nSPS) is 10.3. The average molecular weight is 296 g/mol. The maximum absolute atomic E-state index is 12.3. The van der Waals surface area contributed by atoms with E-state index in [2.05, 4.69) is 5.32 Å². The molecule has 0 bridgehead atoms. The fraction of sp³-hybridized carbons (Fsp3) is 0. The second-order valence-electron chi connectivity index (χ2n) is 4.32. The van der Waals surface area contributed by atoms with Crippen molar-refractivity contribution in [2.45, 2.75) is 0 Å². The summed E-state index contributed by atoms with van der Waals surface area (Å²) < 4.78 is 5.55. The summed E-state index contributed by atoms with van der Waals surface area (Å²) in [5.41, 5.74) is -0.440. The topological polar surface area (TPSA) is 120 Å². The third-order valence-electron chi connectivity index (χ3n) is 3.03. The van der Waals surface area contributed by atoms with E-state index in [9.17, 15) is 15.2 Å². The van der Waals surface area contributed by atoms with Crippen LogP contribution >= 0.6 is 0 Å². The Hall–Kier alpha value is -3.60. The number of nitrogens with zero attached hydrogens (tertiary/aromatic N) is 3. The number of carbonyl (C=O) groups is 1. The number of benzene rings is 1. The SMILES string of the molecule is N#Cc1c(NC(=O)c2ccco2)[n+]([O-])c2ccccc2[n+]1[O-]. The van der Waals surface area contributed by atoms with Gasteiger partial charge in [0.1, 0.15) is 0 Å². The Kier molecular flexibility index (Phi) is 3.08. The first-order valence-electron chi connectivity index (χ1n) is 6.16.